The van der Waals surface area contributed by atoms with E-state index in [1.807, 2.05) is 42.5 Å². The van der Waals surface area contributed by atoms with E-state index in [9.17, 15) is 9.59 Å². The second kappa shape index (κ2) is 8.44. The van der Waals surface area contributed by atoms with Gasteiger partial charge < -0.3 is 19.4 Å². The minimum atomic E-state index is -0.392. The molecule has 30 heavy (non-hydrogen) atoms. The second-order valence-corrected chi connectivity index (χ2v) is 7.27. The maximum atomic E-state index is 12.6. The molecule has 1 aliphatic rings. The molecule has 2 heterocycles. The summed E-state index contributed by atoms with van der Waals surface area (Å²) in [5.41, 5.74) is 2.68. The highest BCUT2D eigenvalue weighted by Gasteiger charge is 2.34. The summed E-state index contributed by atoms with van der Waals surface area (Å²) >= 11 is 0. The summed E-state index contributed by atoms with van der Waals surface area (Å²) in [7, 11) is 3.19. The molecule has 1 atom stereocenters. The molecule has 0 aliphatic carbocycles. The van der Waals surface area contributed by atoms with E-state index in [-0.39, 0.29) is 18.2 Å². The zero-order valence-corrected chi connectivity index (χ0v) is 17.0. The number of nitrogens with zero attached hydrogens (tertiary/aromatic N) is 2. The molecular weight excluding hydrogens is 384 g/mol. The van der Waals surface area contributed by atoms with Crippen molar-refractivity contribution in [1.29, 1.82) is 0 Å². The highest BCUT2D eigenvalue weighted by molar-refractivity contribution is 5.97. The standard InChI is InChI=1S/C22H24N4O4/c1-29-18-8-7-14(11-19(18)30-2)9-10-26-13-15(12-20(26)27)21(28)25-22-23-16-5-3-4-6-17(16)24-22/h3-8,11,15H,9-10,12-13H2,1-2H3,(H2,23,24,25,28)/t15-/m1/s1. The Bertz CT molecular complexity index is 1040. The van der Waals surface area contributed by atoms with Gasteiger partial charge in [-0.25, -0.2) is 4.98 Å². The number of ether oxygens (including phenoxy) is 2. The van der Waals surface area contributed by atoms with E-state index in [1.54, 1.807) is 19.1 Å². The molecule has 4 rings (SSSR count). The maximum Gasteiger partial charge on any atom is 0.232 e. The lowest BCUT2D eigenvalue weighted by molar-refractivity contribution is -0.128. The number of benzene rings is 2. The van der Waals surface area contributed by atoms with Gasteiger partial charge in [-0.1, -0.05) is 18.2 Å². The number of anilines is 1. The number of methoxy groups -OCH3 is 2. The van der Waals surface area contributed by atoms with Gasteiger partial charge in [0.25, 0.3) is 0 Å². The number of H-pyrrole nitrogens is 1. The van der Waals surface area contributed by atoms with E-state index in [4.69, 9.17) is 9.47 Å². The van der Waals surface area contributed by atoms with Crippen molar-refractivity contribution >= 4 is 28.8 Å². The fourth-order valence-corrected chi connectivity index (χ4v) is 3.69. The number of hydrogen-bond acceptors (Lipinski definition) is 5. The number of amides is 2. The molecule has 0 unspecified atom stereocenters. The first-order chi connectivity index (χ1) is 14.6. The van der Waals surface area contributed by atoms with Crippen LogP contribution in [0.5, 0.6) is 11.5 Å². The summed E-state index contributed by atoms with van der Waals surface area (Å²) in [6, 6.07) is 13.3. The molecule has 8 heteroatoms. The summed E-state index contributed by atoms with van der Waals surface area (Å²) < 4.78 is 10.6. The number of carbonyl (C=O) groups excluding carboxylic acids is 2. The Hall–Kier alpha value is -3.55. The zero-order valence-electron chi connectivity index (χ0n) is 17.0. The van der Waals surface area contributed by atoms with Gasteiger partial charge in [0.15, 0.2) is 11.5 Å². The highest BCUT2D eigenvalue weighted by atomic mass is 16.5. The average molecular weight is 408 g/mol. The molecule has 2 amide bonds. The van der Waals surface area contributed by atoms with Gasteiger partial charge >= 0.3 is 0 Å². The number of hydrogen-bond donors (Lipinski definition) is 2. The van der Waals surface area contributed by atoms with Crippen LogP contribution >= 0.6 is 0 Å². The number of para-hydroxylation sites is 2. The third kappa shape index (κ3) is 4.07. The molecule has 0 saturated carbocycles. The Labute approximate surface area is 174 Å². The Morgan fingerprint density at radius 3 is 2.77 bits per heavy atom. The number of rotatable bonds is 7. The summed E-state index contributed by atoms with van der Waals surface area (Å²) in [5.74, 6) is 1.12. The van der Waals surface area contributed by atoms with Crippen molar-refractivity contribution in [3.63, 3.8) is 0 Å². The third-order valence-electron chi connectivity index (χ3n) is 5.33. The van der Waals surface area contributed by atoms with Crippen molar-refractivity contribution in [3.05, 3.63) is 48.0 Å². The van der Waals surface area contributed by atoms with E-state index in [1.165, 1.54) is 0 Å². The van der Waals surface area contributed by atoms with Gasteiger partial charge in [0.05, 0.1) is 31.2 Å². The molecule has 2 N–H and O–H groups in total. The number of carbonyl (C=O) groups is 2. The van der Waals surface area contributed by atoms with Crippen LogP contribution in [0.3, 0.4) is 0 Å². The zero-order chi connectivity index (χ0) is 21.1. The lowest BCUT2D eigenvalue weighted by Gasteiger charge is -2.17. The largest absolute Gasteiger partial charge is 0.493 e. The Morgan fingerprint density at radius 1 is 1.20 bits per heavy atom. The lowest BCUT2D eigenvalue weighted by Crippen LogP contribution is -2.30. The van der Waals surface area contributed by atoms with Crippen LogP contribution in [-0.4, -0.2) is 54.0 Å². The molecule has 156 valence electrons. The highest BCUT2D eigenvalue weighted by Crippen LogP contribution is 2.28. The molecule has 1 aliphatic heterocycles. The Balaban J connectivity index is 1.35. The van der Waals surface area contributed by atoms with Crippen LogP contribution in [0.4, 0.5) is 5.95 Å². The molecule has 1 fully saturated rings. The topological polar surface area (TPSA) is 96.5 Å². The van der Waals surface area contributed by atoms with Gasteiger partial charge in [-0.3, -0.25) is 14.9 Å². The van der Waals surface area contributed by atoms with Crippen molar-refractivity contribution in [2.24, 2.45) is 5.92 Å². The van der Waals surface area contributed by atoms with Gasteiger partial charge in [-0.05, 0) is 36.2 Å². The van der Waals surface area contributed by atoms with Crippen molar-refractivity contribution in [1.82, 2.24) is 14.9 Å². The third-order valence-corrected chi connectivity index (χ3v) is 5.33. The molecule has 1 saturated heterocycles. The lowest BCUT2D eigenvalue weighted by atomic mass is 10.1. The molecule has 0 radical (unpaired) electrons. The molecule has 1 aromatic heterocycles. The normalized spacial score (nSPS) is 16.1. The van der Waals surface area contributed by atoms with Gasteiger partial charge in [-0.2, -0.15) is 0 Å². The SMILES string of the molecule is COc1ccc(CCN2C[C@H](C(=O)Nc3nc4ccccc4[nH]3)CC2=O)cc1OC. The van der Waals surface area contributed by atoms with Gasteiger partial charge in [-0.15, -0.1) is 0 Å². The van der Waals surface area contributed by atoms with E-state index < -0.39 is 5.92 Å². The van der Waals surface area contributed by atoms with Crippen molar-refractivity contribution in [2.75, 3.05) is 32.6 Å². The molecule has 0 spiro atoms. The van der Waals surface area contributed by atoms with Crippen molar-refractivity contribution in [2.45, 2.75) is 12.8 Å². The predicted molar refractivity (Wildman–Crippen MR) is 113 cm³/mol. The van der Waals surface area contributed by atoms with Crippen LogP contribution in [0.1, 0.15) is 12.0 Å². The minimum Gasteiger partial charge on any atom is -0.493 e. The monoisotopic (exact) mass is 408 g/mol. The number of aromatic amines is 1. The minimum absolute atomic E-state index is 0.0137. The van der Waals surface area contributed by atoms with Crippen LogP contribution in [0.15, 0.2) is 42.5 Å². The molecule has 2 aromatic carbocycles. The number of nitrogens with one attached hydrogen (secondary N) is 2. The summed E-state index contributed by atoms with van der Waals surface area (Å²) in [6.45, 7) is 0.945. The summed E-state index contributed by atoms with van der Waals surface area (Å²) in [5, 5.41) is 2.80. The fourth-order valence-electron chi connectivity index (χ4n) is 3.69. The summed E-state index contributed by atoms with van der Waals surface area (Å²) in [4.78, 5) is 34.2. The number of fused-ring (bicyclic) bond motifs is 1. The predicted octanol–water partition coefficient (Wildman–Crippen LogP) is 2.61. The first-order valence-electron chi connectivity index (χ1n) is 9.81. The van der Waals surface area contributed by atoms with Crippen LogP contribution in [0.2, 0.25) is 0 Å². The number of imidazole rings is 1. The Kier molecular flexibility index (Phi) is 5.56. The van der Waals surface area contributed by atoms with E-state index in [0.29, 0.717) is 37.0 Å². The molecule has 0 bridgehead atoms. The van der Waals surface area contributed by atoms with Crippen LogP contribution < -0.4 is 14.8 Å². The molecular formula is C22H24N4O4. The van der Waals surface area contributed by atoms with Crippen molar-refractivity contribution < 1.29 is 19.1 Å². The van der Waals surface area contributed by atoms with E-state index >= 15 is 0 Å². The van der Waals surface area contributed by atoms with Gasteiger partial charge in [0.1, 0.15) is 0 Å². The number of likely N-dealkylation sites (tertiary alicyclic amines) is 1. The second-order valence-electron chi connectivity index (χ2n) is 7.27. The van der Waals surface area contributed by atoms with Crippen LogP contribution in [-0.2, 0) is 16.0 Å². The maximum absolute atomic E-state index is 12.6. The molecule has 3 aromatic rings. The average Bonchev–Trinajstić information content (AvgIpc) is 3.34. The molecule has 8 nitrogen and oxygen atoms in total. The van der Waals surface area contributed by atoms with Gasteiger partial charge in [0.2, 0.25) is 17.8 Å². The van der Waals surface area contributed by atoms with Gasteiger partial charge in [0, 0.05) is 19.5 Å². The van der Waals surface area contributed by atoms with Crippen molar-refractivity contribution in [3.8, 4) is 11.5 Å². The van der Waals surface area contributed by atoms with E-state index in [2.05, 4.69) is 15.3 Å². The first kappa shape index (κ1) is 19.8. The fraction of sp³-hybridized carbons (Fsp3) is 0.318. The van der Waals surface area contributed by atoms with Crippen LogP contribution in [0.25, 0.3) is 11.0 Å². The summed E-state index contributed by atoms with van der Waals surface area (Å²) in [6.07, 6.45) is 0.877. The Morgan fingerprint density at radius 2 is 2.00 bits per heavy atom. The quantitative estimate of drug-likeness (QED) is 0.626. The van der Waals surface area contributed by atoms with E-state index in [0.717, 1.165) is 16.6 Å². The first-order valence-corrected chi connectivity index (χ1v) is 9.81. The smallest absolute Gasteiger partial charge is 0.232 e. The van der Waals surface area contributed by atoms with Crippen LogP contribution in [0, 0.1) is 5.92 Å². The number of aromatic nitrogens is 2.